The van der Waals surface area contributed by atoms with Gasteiger partial charge in [0.25, 0.3) is 5.69 Å². The van der Waals surface area contributed by atoms with Crippen LogP contribution in [-0.2, 0) is 11.2 Å². The van der Waals surface area contributed by atoms with Gasteiger partial charge in [-0.25, -0.2) is 4.98 Å². The Morgan fingerprint density at radius 3 is 2.28 bits per heavy atom. The number of piperidine rings is 1. The van der Waals surface area contributed by atoms with Crippen LogP contribution in [0, 0.1) is 23.0 Å². The average molecular weight is 507 g/mol. The van der Waals surface area contributed by atoms with Crippen molar-refractivity contribution in [1.29, 1.82) is 0 Å². The summed E-state index contributed by atoms with van der Waals surface area (Å²) in [5, 5.41) is 11.8. The number of nitro benzene ring substituents is 1. The molecule has 2 aromatic carbocycles. The van der Waals surface area contributed by atoms with Crippen molar-refractivity contribution in [3.63, 3.8) is 0 Å². The number of nitro groups is 1. The van der Waals surface area contributed by atoms with Crippen molar-refractivity contribution in [1.82, 2.24) is 14.3 Å². The molecule has 0 atom stereocenters. The summed E-state index contributed by atoms with van der Waals surface area (Å²) in [6, 6.07) is 15.1. The number of aromatic nitrogens is 2. The van der Waals surface area contributed by atoms with Crippen molar-refractivity contribution in [2.75, 3.05) is 49.1 Å². The maximum absolute atomic E-state index is 13.2. The molecule has 2 aliphatic rings. The summed E-state index contributed by atoms with van der Waals surface area (Å²) in [5.74, 6) is 1.14. The van der Waals surface area contributed by atoms with E-state index in [1.807, 2.05) is 4.90 Å². The van der Waals surface area contributed by atoms with Gasteiger partial charge in [0, 0.05) is 81.0 Å². The first-order chi connectivity index (χ1) is 17.5. The fourth-order valence-electron chi connectivity index (χ4n) is 4.88. The lowest BCUT2D eigenvalue weighted by Gasteiger charge is -2.39. The van der Waals surface area contributed by atoms with Gasteiger partial charge in [0.1, 0.15) is 5.82 Å². The molecule has 2 fully saturated rings. The number of rotatable bonds is 6. The molecule has 0 bridgehead atoms. The molecule has 2 aliphatic heterocycles. The first kappa shape index (κ1) is 24.2. The maximum atomic E-state index is 13.2. The second kappa shape index (κ2) is 10.6. The SMILES string of the molecule is Cc1ccc(Cc2nsc(N3CCC(C(=O)N4CCN(c5ccc([N+](=O)[O-])cc5)CC4)CC3)n2)cc1. The standard InChI is InChI=1S/C26H30N6O3S/c1-19-2-4-20(5-3-19)18-24-27-26(36-28-24)31-12-10-21(11-13-31)25(33)30-16-14-29(15-17-30)22-6-8-23(9-7-22)32(34)35/h2-9,21H,10-18H2,1H3. The highest BCUT2D eigenvalue weighted by atomic mass is 32.1. The van der Waals surface area contributed by atoms with Gasteiger partial charge in [0.2, 0.25) is 11.0 Å². The Morgan fingerprint density at radius 1 is 0.972 bits per heavy atom. The van der Waals surface area contributed by atoms with Crippen molar-refractivity contribution < 1.29 is 9.72 Å². The highest BCUT2D eigenvalue weighted by Crippen LogP contribution is 2.27. The molecular formula is C26H30N6O3S. The van der Waals surface area contributed by atoms with Crippen LogP contribution >= 0.6 is 11.5 Å². The van der Waals surface area contributed by atoms with Crippen molar-refractivity contribution in [2.45, 2.75) is 26.2 Å². The van der Waals surface area contributed by atoms with Gasteiger partial charge in [-0.15, -0.1) is 0 Å². The molecule has 3 heterocycles. The summed E-state index contributed by atoms with van der Waals surface area (Å²) in [5.41, 5.74) is 3.51. The van der Waals surface area contributed by atoms with Crippen molar-refractivity contribution in [3.05, 3.63) is 75.6 Å². The Balaban J connectivity index is 1.09. The monoisotopic (exact) mass is 506 g/mol. The number of non-ortho nitro benzene ring substituents is 1. The first-order valence-corrected chi connectivity index (χ1v) is 13.1. The van der Waals surface area contributed by atoms with E-state index in [0.717, 1.165) is 62.1 Å². The summed E-state index contributed by atoms with van der Waals surface area (Å²) in [6.45, 7) is 6.54. The molecule has 2 saturated heterocycles. The number of carbonyl (C=O) groups excluding carboxylic acids is 1. The van der Waals surface area contributed by atoms with E-state index in [2.05, 4.69) is 45.4 Å². The molecule has 1 aromatic heterocycles. The Morgan fingerprint density at radius 2 is 1.64 bits per heavy atom. The Bertz CT molecular complexity index is 1200. The number of anilines is 2. The Labute approximate surface area is 214 Å². The zero-order chi connectivity index (χ0) is 25.1. The topological polar surface area (TPSA) is 95.7 Å². The minimum atomic E-state index is -0.388. The zero-order valence-corrected chi connectivity index (χ0v) is 21.2. The van der Waals surface area contributed by atoms with Crippen molar-refractivity contribution >= 4 is 33.9 Å². The van der Waals surface area contributed by atoms with E-state index in [1.165, 1.54) is 34.8 Å². The number of aryl methyl sites for hydroxylation is 1. The second-order valence-corrected chi connectivity index (χ2v) is 10.2. The van der Waals surface area contributed by atoms with Gasteiger partial charge in [0.05, 0.1) is 4.92 Å². The molecule has 0 aliphatic carbocycles. The predicted molar refractivity (Wildman–Crippen MR) is 141 cm³/mol. The summed E-state index contributed by atoms with van der Waals surface area (Å²) in [7, 11) is 0. The van der Waals surface area contributed by atoms with Gasteiger partial charge < -0.3 is 14.7 Å². The summed E-state index contributed by atoms with van der Waals surface area (Å²) in [6.07, 6.45) is 2.39. The fraction of sp³-hybridized carbons (Fsp3) is 0.423. The number of benzene rings is 2. The van der Waals surface area contributed by atoms with Gasteiger partial charge in [-0.1, -0.05) is 29.8 Å². The lowest BCUT2D eigenvalue weighted by Crippen LogP contribution is -2.51. The normalized spacial score (nSPS) is 16.9. The lowest BCUT2D eigenvalue weighted by atomic mass is 9.95. The van der Waals surface area contributed by atoms with Gasteiger partial charge in [-0.3, -0.25) is 14.9 Å². The highest BCUT2D eigenvalue weighted by Gasteiger charge is 2.31. The molecule has 10 heteroatoms. The van der Waals surface area contributed by atoms with Crippen LogP contribution in [0.25, 0.3) is 0 Å². The number of amides is 1. The molecule has 188 valence electrons. The number of hydrogen-bond donors (Lipinski definition) is 0. The largest absolute Gasteiger partial charge is 0.368 e. The van der Waals surface area contributed by atoms with Gasteiger partial charge >= 0.3 is 0 Å². The van der Waals surface area contributed by atoms with E-state index in [1.54, 1.807) is 12.1 Å². The number of nitrogens with zero attached hydrogens (tertiary/aromatic N) is 6. The molecule has 3 aromatic rings. The van der Waals surface area contributed by atoms with Crippen LogP contribution in [0.5, 0.6) is 0 Å². The Kier molecular flexibility index (Phi) is 7.13. The minimum absolute atomic E-state index is 0.0483. The second-order valence-electron chi connectivity index (χ2n) is 9.50. The quantitative estimate of drug-likeness (QED) is 0.369. The smallest absolute Gasteiger partial charge is 0.269 e. The molecule has 0 unspecified atom stereocenters. The van der Waals surface area contributed by atoms with E-state index in [9.17, 15) is 14.9 Å². The van der Waals surface area contributed by atoms with E-state index < -0.39 is 0 Å². The summed E-state index contributed by atoms with van der Waals surface area (Å²) >= 11 is 1.44. The number of piperazine rings is 1. The van der Waals surface area contributed by atoms with Crippen molar-refractivity contribution in [2.24, 2.45) is 5.92 Å². The number of hydrogen-bond acceptors (Lipinski definition) is 8. The molecule has 0 spiro atoms. The van der Waals surface area contributed by atoms with Crippen LogP contribution in [0.2, 0.25) is 0 Å². The summed E-state index contributed by atoms with van der Waals surface area (Å²) in [4.78, 5) is 34.8. The van der Waals surface area contributed by atoms with E-state index >= 15 is 0 Å². The molecule has 0 saturated carbocycles. The zero-order valence-electron chi connectivity index (χ0n) is 20.4. The van der Waals surface area contributed by atoms with Crippen LogP contribution in [0.1, 0.15) is 29.8 Å². The Hall–Kier alpha value is -3.53. The van der Waals surface area contributed by atoms with Crippen LogP contribution in [0.15, 0.2) is 48.5 Å². The maximum Gasteiger partial charge on any atom is 0.269 e. The van der Waals surface area contributed by atoms with Crippen LogP contribution in [0.4, 0.5) is 16.5 Å². The van der Waals surface area contributed by atoms with Crippen LogP contribution < -0.4 is 9.80 Å². The molecule has 0 N–H and O–H groups in total. The lowest BCUT2D eigenvalue weighted by molar-refractivity contribution is -0.384. The minimum Gasteiger partial charge on any atom is -0.368 e. The third-order valence-corrected chi connectivity index (χ3v) is 7.89. The third kappa shape index (κ3) is 5.48. The predicted octanol–water partition coefficient (Wildman–Crippen LogP) is 3.91. The van der Waals surface area contributed by atoms with Crippen molar-refractivity contribution in [3.8, 4) is 0 Å². The van der Waals surface area contributed by atoms with E-state index in [4.69, 9.17) is 4.98 Å². The number of carbonyl (C=O) groups is 1. The van der Waals surface area contributed by atoms with Gasteiger partial charge in [-0.05, 0) is 37.5 Å². The van der Waals surface area contributed by atoms with Gasteiger partial charge in [-0.2, -0.15) is 4.37 Å². The van der Waals surface area contributed by atoms with E-state index in [0.29, 0.717) is 13.1 Å². The highest BCUT2D eigenvalue weighted by molar-refractivity contribution is 7.09. The summed E-state index contributed by atoms with van der Waals surface area (Å²) < 4.78 is 4.56. The molecule has 36 heavy (non-hydrogen) atoms. The third-order valence-electron chi connectivity index (χ3n) is 7.07. The molecular weight excluding hydrogens is 476 g/mol. The van der Waals surface area contributed by atoms with Crippen LogP contribution in [0.3, 0.4) is 0 Å². The molecule has 9 nitrogen and oxygen atoms in total. The molecule has 5 rings (SSSR count). The average Bonchev–Trinajstić information content (AvgIpc) is 3.38. The van der Waals surface area contributed by atoms with E-state index in [-0.39, 0.29) is 22.4 Å². The van der Waals surface area contributed by atoms with Gasteiger partial charge in [0.15, 0.2) is 0 Å². The molecule has 1 amide bonds. The fourth-order valence-corrected chi connectivity index (χ4v) is 5.62. The first-order valence-electron chi connectivity index (χ1n) is 12.4. The van der Waals surface area contributed by atoms with Crippen LogP contribution in [-0.4, -0.2) is 64.4 Å². The molecule has 0 radical (unpaired) electrons.